The van der Waals surface area contributed by atoms with E-state index in [0.717, 1.165) is 6.20 Å². The Labute approximate surface area is 97.5 Å². The molecule has 0 bridgehead atoms. The number of nitrogens with zero attached hydrogens (tertiary/aromatic N) is 1. The minimum absolute atomic E-state index is 0.0291. The highest BCUT2D eigenvalue weighted by Crippen LogP contribution is 2.35. The normalized spacial score (nSPS) is 10.5. The van der Waals surface area contributed by atoms with Crippen molar-refractivity contribution in [3.05, 3.63) is 21.9 Å². The van der Waals surface area contributed by atoms with E-state index in [1.54, 1.807) is 0 Å². The third-order valence-electron chi connectivity index (χ3n) is 1.67. The van der Waals surface area contributed by atoms with Crippen molar-refractivity contribution in [2.45, 2.75) is 6.43 Å². The van der Waals surface area contributed by atoms with E-state index in [2.05, 4.69) is 25.7 Å². The molecule has 0 amide bonds. The zero-order valence-electron chi connectivity index (χ0n) is 7.43. The number of ether oxygens (including phenoxy) is 1. The van der Waals surface area contributed by atoms with Crippen LogP contribution in [-0.2, 0) is 0 Å². The van der Waals surface area contributed by atoms with Crippen LogP contribution in [0.4, 0.5) is 8.78 Å². The van der Waals surface area contributed by atoms with Gasteiger partial charge in [-0.1, -0.05) is 0 Å². The Bertz CT molecular complexity index is 400. The molecule has 1 rings (SSSR count). The van der Waals surface area contributed by atoms with E-state index in [9.17, 15) is 13.6 Å². The second-order valence-corrected chi connectivity index (χ2v) is 3.57. The Morgan fingerprint density at radius 1 is 1.67 bits per heavy atom. The molecule has 0 aromatic carbocycles. The molecular formula is C8H5BrClF2NO2. The molecule has 1 aromatic rings. The average Bonchev–Trinajstić information content (AvgIpc) is 2.16. The van der Waals surface area contributed by atoms with Crippen molar-refractivity contribution in [1.29, 1.82) is 0 Å². The van der Waals surface area contributed by atoms with Crippen LogP contribution in [0, 0.1) is 0 Å². The maximum atomic E-state index is 12.7. The van der Waals surface area contributed by atoms with Crippen molar-refractivity contribution in [1.82, 2.24) is 4.98 Å². The molecule has 1 heterocycles. The first-order valence-corrected chi connectivity index (χ1v) is 4.86. The molecule has 0 spiro atoms. The first-order chi connectivity index (χ1) is 6.99. The van der Waals surface area contributed by atoms with E-state index in [1.807, 2.05) is 0 Å². The average molecular weight is 300 g/mol. The molecule has 0 saturated carbocycles. The van der Waals surface area contributed by atoms with E-state index in [-0.39, 0.29) is 15.9 Å². The van der Waals surface area contributed by atoms with Gasteiger partial charge in [-0.05, 0) is 27.5 Å². The van der Waals surface area contributed by atoms with E-state index >= 15 is 0 Å². The summed E-state index contributed by atoms with van der Waals surface area (Å²) < 4.78 is 30.0. The lowest BCUT2D eigenvalue weighted by Crippen LogP contribution is -2.04. The monoisotopic (exact) mass is 299 g/mol. The minimum Gasteiger partial charge on any atom is -0.495 e. The fourth-order valence-electron chi connectivity index (χ4n) is 1.05. The van der Waals surface area contributed by atoms with Crippen LogP contribution in [-0.4, -0.2) is 17.3 Å². The summed E-state index contributed by atoms with van der Waals surface area (Å²) in [5.74, 6) is -0.169. The van der Waals surface area contributed by atoms with Crippen LogP contribution in [0.2, 0.25) is 0 Å². The molecule has 1 aromatic heterocycles. The van der Waals surface area contributed by atoms with Crippen LogP contribution in [0.3, 0.4) is 0 Å². The maximum Gasteiger partial charge on any atom is 0.268 e. The molecule has 7 heteroatoms. The van der Waals surface area contributed by atoms with Gasteiger partial charge in [0.1, 0.15) is 10.4 Å². The molecule has 0 atom stereocenters. The van der Waals surface area contributed by atoms with E-state index in [4.69, 9.17) is 11.6 Å². The number of rotatable bonds is 3. The summed E-state index contributed by atoms with van der Waals surface area (Å²) in [6.45, 7) is 0. The third-order valence-corrected chi connectivity index (χ3v) is 2.46. The van der Waals surface area contributed by atoms with Crippen molar-refractivity contribution >= 4 is 32.8 Å². The van der Waals surface area contributed by atoms with Gasteiger partial charge < -0.3 is 4.74 Å². The zero-order valence-corrected chi connectivity index (χ0v) is 9.77. The molecule has 3 nitrogen and oxygen atoms in total. The SMILES string of the molecule is COc1cnc(Br)c(C(=O)Cl)c1C(F)F. The lowest BCUT2D eigenvalue weighted by atomic mass is 10.1. The highest BCUT2D eigenvalue weighted by Gasteiger charge is 2.25. The topological polar surface area (TPSA) is 39.2 Å². The fraction of sp³-hybridized carbons (Fsp3) is 0.250. The van der Waals surface area contributed by atoms with Crippen molar-refractivity contribution in [2.24, 2.45) is 0 Å². The lowest BCUT2D eigenvalue weighted by Gasteiger charge is -2.11. The van der Waals surface area contributed by atoms with Crippen LogP contribution >= 0.6 is 27.5 Å². The van der Waals surface area contributed by atoms with Crippen molar-refractivity contribution in [3.63, 3.8) is 0 Å². The van der Waals surface area contributed by atoms with Gasteiger partial charge >= 0.3 is 0 Å². The summed E-state index contributed by atoms with van der Waals surface area (Å²) in [5.41, 5.74) is -0.926. The van der Waals surface area contributed by atoms with Crippen LogP contribution in [0.5, 0.6) is 5.75 Å². The second-order valence-electron chi connectivity index (χ2n) is 2.48. The Morgan fingerprint density at radius 3 is 2.67 bits per heavy atom. The van der Waals surface area contributed by atoms with Crippen molar-refractivity contribution in [3.8, 4) is 5.75 Å². The second kappa shape index (κ2) is 4.85. The van der Waals surface area contributed by atoms with E-state index in [0.29, 0.717) is 0 Å². The zero-order chi connectivity index (χ0) is 11.6. The van der Waals surface area contributed by atoms with Crippen molar-refractivity contribution in [2.75, 3.05) is 7.11 Å². The molecule has 0 aliphatic heterocycles. The van der Waals surface area contributed by atoms with Gasteiger partial charge in [-0.2, -0.15) is 0 Å². The summed E-state index contributed by atoms with van der Waals surface area (Å²) >= 11 is 8.06. The minimum atomic E-state index is -2.86. The lowest BCUT2D eigenvalue weighted by molar-refractivity contribution is 0.106. The highest BCUT2D eigenvalue weighted by atomic mass is 79.9. The molecule has 0 aliphatic carbocycles. The number of halogens is 4. The van der Waals surface area contributed by atoms with Crippen LogP contribution in [0.25, 0.3) is 0 Å². The van der Waals surface area contributed by atoms with Crippen molar-refractivity contribution < 1.29 is 18.3 Å². The number of pyridine rings is 1. The smallest absolute Gasteiger partial charge is 0.268 e. The highest BCUT2D eigenvalue weighted by molar-refractivity contribution is 9.10. The summed E-state index contributed by atoms with van der Waals surface area (Å²) in [6.07, 6.45) is -1.77. The largest absolute Gasteiger partial charge is 0.495 e. The molecule has 0 N–H and O–H groups in total. The first-order valence-electron chi connectivity index (χ1n) is 3.69. The van der Waals surface area contributed by atoms with Gasteiger partial charge in [0.05, 0.1) is 24.4 Å². The summed E-state index contributed by atoms with van der Waals surface area (Å²) in [7, 11) is 1.21. The quantitative estimate of drug-likeness (QED) is 0.636. The van der Waals surface area contributed by atoms with Gasteiger partial charge in [-0.15, -0.1) is 0 Å². The molecule has 0 unspecified atom stereocenters. The summed E-state index contributed by atoms with van der Waals surface area (Å²) in [6, 6.07) is 0. The molecule has 0 aliphatic rings. The first kappa shape index (κ1) is 12.3. The Balaban J connectivity index is 3.51. The molecule has 82 valence electrons. The number of alkyl halides is 2. The molecular weight excluding hydrogens is 295 g/mol. The van der Waals surface area contributed by atoms with Gasteiger partial charge in [0, 0.05) is 0 Å². The van der Waals surface area contributed by atoms with Gasteiger partial charge in [-0.25, -0.2) is 13.8 Å². The van der Waals surface area contributed by atoms with Crippen LogP contribution in [0.1, 0.15) is 22.3 Å². The molecule has 0 saturated heterocycles. The van der Waals surface area contributed by atoms with Gasteiger partial charge in [0.2, 0.25) is 0 Å². The van der Waals surface area contributed by atoms with Gasteiger partial charge in [0.15, 0.2) is 0 Å². The van der Waals surface area contributed by atoms with Gasteiger partial charge in [-0.3, -0.25) is 4.79 Å². The fourth-order valence-corrected chi connectivity index (χ4v) is 1.85. The third kappa shape index (κ3) is 2.43. The Hall–Kier alpha value is -0.750. The Morgan fingerprint density at radius 2 is 2.27 bits per heavy atom. The number of hydrogen-bond donors (Lipinski definition) is 0. The standard InChI is InChI=1S/C8H5BrClF2NO2/c1-15-3-2-13-6(9)5(7(10)14)4(3)8(11)12/h2,8H,1H3. The summed E-state index contributed by atoms with van der Waals surface area (Å²) in [4.78, 5) is 14.6. The maximum absolute atomic E-state index is 12.7. The Kier molecular flexibility index (Phi) is 3.98. The molecule has 0 radical (unpaired) electrons. The van der Waals surface area contributed by atoms with Crippen LogP contribution in [0.15, 0.2) is 10.8 Å². The predicted molar refractivity (Wildman–Crippen MR) is 53.6 cm³/mol. The van der Waals surface area contributed by atoms with Crippen LogP contribution < -0.4 is 4.74 Å². The van der Waals surface area contributed by atoms with E-state index in [1.165, 1.54) is 7.11 Å². The number of hydrogen-bond acceptors (Lipinski definition) is 3. The summed E-state index contributed by atoms with van der Waals surface area (Å²) in [5, 5.41) is -1.01. The van der Waals surface area contributed by atoms with E-state index < -0.39 is 17.2 Å². The van der Waals surface area contributed by atoms with Gasteiger partial charge in [0.25, 0.3) is 11.7 Å². The molecule has 15 heavy (non-hydrogen) atoms. The number of carbonyl (C=O) groups excluding carboxylic acids is 1. The number of methoxy groups -OCH3 is 1. The predicted octanol–water partition coefficient (Wildman–Crippen LogP) is 3.17. The number of carbonyl (C=O) groups is 1. The molecule has 0 fully saturated rings. The number of aromatic nitrogens is 1.